The zero-order chi connectivity index (χ0) is 18.9. The average Bonchev–Trinajstić information content (AvgIpc) is 2.65. The maximum absolute atomic E-state index is 12.0. The van der Waals surface area contributed by atoms with Crippen molar-refractivity contribution in [2.24, 2.45) is 0 Å². The molecule has 2 aromatic carbocycles. The van der Waals surface area contributed by atoms with Crippen LogP contribution in [-0.2, 0) is 9.53 Å². The van der Waals surface area contributed by atoms with Crippen LogP contribution in [0.1, 0.15) is 29.3 Å². The highest BCUT2D eigenvalue weighted by Crippen LogP contribution is 2.19. The lowest BCUT2D eigenvalue weighted by atomic mass is 10.1. The van der Waals surface area contributed by atoms with E-state index in [4.69, 9.17) is 4.74 Å². The third-order valence-electron chi connectivity index (χ3n) is 3.37. The number of ether oxygens (including phenoxy) is 1. The first kappa shape index (κ1) is 18.9. The Hall–Kier alpha value is -3.48. The monoisotopic (exact) mass is 354 g/mol. The standard InChI is InChI=1S/C19H18N2O5/c1-2-13-26-19(23)15-7-10-16(11-8-15)20-18(22)12-9-14-5-3-4-6-17(14)21(24)25/h3-12H,2,13H2,1H3,(H,20,22)/b12-9+. The van der Waals surface area contributed by atoms with Gasteiger partial charge in [-0.25, -0.2) is 4.79 Å². The number of carbonyl (C=O) groups is 2. The van der Waals surface area contributed by atoms with Gasteiger partial charge < -0.3 is 10.1 Å². The molecule has 134 valence electrons. The van der Waals surface area contributed by atoms with Crippen LogP contribution in [0.4, 0.5) is 11.4 Å². The van der Waals surface area contributed by atoms with E-state index < -0.39 is 16.8 Å². The molecule has 1 amide bonds. The summed E-state index contributed by atoms with van der Waals surface area (Å²) in [5, 5.41) is 13.6. The van der Waals surface area contributed by atoms with Crippen molar-refractivity contribution in [2.45, 2.75) is 13.3 Å². The van der Waals surface area contributed by atoms with E-state index in [0.29, 0.717) is 23.4 Å². The summed E-state index contributed by atoms with van der Waals surface area (Å²) < 4.78 is 5.02. The SMILES string of the molecule is CCCOC(=O)c1ccc(NC(=O)/C=C/c2ccccc2[N+](=O)[O-])cc1. The molecule has 2 rings (SSSR count). The van der Waals surface area contributed by atoms with Crippen molar-refractivity contribution in [1.82, 2.24) is 0 Å². The Morgan fingerprint density at radius 2 is 1.85 bits per heavy atom. The van der Waals surface area contributed by atoms with E-state index in [1.54, 1.807) is 42.5 Å². The van der Waals surface area contributed by atoms with Gasteiger partial charge in [-0.05, 0) is 42.8 Å². The molecule has 0 bridgehead atoms. The largest absolute Gasteiger partial charge is 0.462 e. The summed E-state index contributed by atoms with van der Waals surface area (Å²) in [6.45, 7) is 2.26. The number of benzene rings is 2. The highest BCUT2D eigenvalue weighted by molar-refractivity contribution is 6.02. The Morgan fingerprint density at radius 1 is 1.15 bits per heavy atom. The quantitative estimate of drug-likeness (QED) is 0.353. The second-order valence-electron chi connectivity index (χ2n) is 5.35. The Bertz CT molecular complexity index is 828. The third kappa shape index (κ3) is 5.27. The number of rotatable bonds is 7. The van der Waals surface area contributed by atoms with Gasteiger partial charge in [0.2, 0.25) is 5.91 Å². The topological polar surface area (TPSA) is 98.5 Å². The molecule has 7 heteroatoms. The predicted molar refractivity (Wildman–Crippen MR) is 97.8 cm³/mol. The van der Waals surface area contributed by atoms with Gasteiger partial charge in [-0.2, -0.15) is 0 Å². The first-order valence-corrected chi connectivity index (χ1v) is 8.01. The zero-order valence-electron chi connectivity index (χ0n) is 14.2. The number of carbonyl (C=O) groups excluding carboxylic acids is 2. The molecule has 0 radical (unpaired) electrons. The number of hydrogen-bond acceptors (Lipinski definition) is 5. The van der Waals surface area contributed by atoms with Crippen LogP contribution in [0.5, 0.6) is 0 Å². The lowest BCUT2D eigenvalue weighted by molar-refractivity contribution is -0.385. The van der Waals surface area contributed by atoms with E-state index in [9.17, 15) is 19.7 Å². The Balaban J connectivity index is 2.00. The lowest BCUT2D eigenvalue weighted by Crippen LogP contribution is -2.09. The van der Waals surface area contributed by atoms with Crippen LogP contribution in [0.25, 0.3) is 6.08 Å². The molecule has 1 N–H and O–H groups in total. The average molecular weight is 354 g/mol. The van der Waals surface area contributed by atoms with Gasteiger partial charge in [0.25, 0.3) is 5.69 Å². The second-order valence-corrected chi connectivity index (χ2v) is 5.35. The normalized spacial score (nSPS) is 10.5. The number of anilines is 1. The van der Waals surface area contributed by atoms with Crippen LogP contribution >= 0.6 is 0 Å². The van der Waals surface area contributed by atoms with E-state index in [2.05, 4.69) is 5.32 Å². The highest BCUT2D eigenvalue weighted by Gasteiger charge is 2.10. The van der Waals surface area contributed by atoms with Gasteiger partial charge in [-0.15, -0.1) is 0 Å². The lowest BCUT2D eigenvalue weighted by Gasteiger charge is -2.05. The second kappa shape index (κ2) is 9.12. The summed E-state index contributed by atoms with van der Waals surface area (Å²) in [6, 6.07) is 12.4. The predicted octanol–water partition coefficient (Wildman–Crippen LogP) is 3.81. The molecular formula is C19H18N2O5. The van der Waals surface area contributed by atoms with Crippen molar-refractivity contribution in [3.63, 3.8) is 0 Å². The molecule has 0 aliphatic rings. The van der Waals surface area contributed by atoms with Crippen LogP contribution in [0.3, 0.4) is 0 Å². The molecule has 0 saturated carbocycles. The number of nitrogens with one attached hydrogen (secondary N) is 1. The minimum absolute atomic E-state index is 0.0773. The summed E-state index contributed by atoms with van der Waals surface area (Å²) in [5.74, 6) is -0.856. The smallest absolute Gasteiger partial charge is 0.338 e. The van der Waals surface area contributed by atoms with E-state index >= 15 is 0 Å². The molecule has 7 nitrogen and oxygen atoms in total. The summed E-state index contributed by atoms with van der Waals surface area (Å²) in [7, 11) is 0. The van der Waals surface area contributed by atoms with Crippen molar-refractivity contribution in [1.29, 1.82) is 0 Å². The fraction of sp³-hybridized carbons (Fsp3) is 0.158. The van der Waals surface area contributed by atoms with Crippen molar-refractivity contribution < 1.29 is 19.2 Å². The third-order valence-corrected chi connectivity index (χ3v) is 3.37. The Labute approximate surface area is 150 Å². The molecule has 0 fully saturated rings. The number of amides is 1. The number of nitro benzene ring substituents is 1. The molecule has 0 spiro atoms. The van der Waals surface area contributed by atoms with Gasteiger partial charge in [0.1, 0.15) is 0 Å². The van der Waals surface area contributed by atoms with Gasteiger partial charge in [0.15, 0.2) is 0 Å². The van der Waals surface area contributed by atoms with Crippen LogP contribution in [-0.4, -0.2) is 23.4 Å². The zero-order valence-corrected chi connectivity index (χ0v) is 14.2. The number of hydrogen-bond donors (Lipinski definition) is 1. The number of nitrogens with zero attached hydrogens (tertiary/aromatic N) is 1. The summed E-state index contributed by atoms with van der Waals surface area (Å²) in [6.07, 6.45) is 3.33. The van der Waals surface area contributed by atoms with Crippen molar-refractivity contribution in [2.75, 3.05) is 11.9 Å². The number of para-hydroxylation sites is 1. The molecule has 0 atom stereocenters. The van der Waals surface area contributed by atoms with Gasteiger partial charge in [-0.3, -0.25) is 14.9 Å². The Morgan fingerprint density at radius 3 is 2.50 bits per heavy atom. The molecule has 0 unspecified atom stereocenters. The van der Waals surface area contributed by atoms with Gasteiger partial charge >= 0.3 is 5.97 Å². The maximum Gasteiger partial charge on any atom is 0.338 e. The van der Waals surface area contributed by atoms with Crippen LogP contribution in [0, 0.1) is 10.1 Å². The molecule has 0 aliphatic carbocycles. The molecule has 0 heterocycles. The van der Waals surface area contributed by atoms with Crippen LogP contribution < -0.4 is 5.32 Å². The van der Waals surface area contributed by atoms with Crippen LogP contribution in [0.15, 0.2) is 54.6 Å². The molecule has 0 aliphatic heterocycles. The first-order valence-electron chi connectivity index (χ1n) is 8.01. The number of nitro groups is 1. The molecule has 26 heavy (non-hydrogen) atoms. The fourth-order valence-electron chi connectivity index (χ4n) is 2.11. The minimum Gasteiger partial charge on any atom is -0.462 e. The van der Waals surface area contributed by atoms with E-state index in [1.165, 1.54) is 18.2 Å². The minimum atomic E-state index is -0.506. The Kier molecular flexibility index (Phi) is 6.61. The summed E-state index contributed by atoms with van der Waals surface area (Å²) in [4.78, 5) is 34.1. The summed E-state index contributed by atoms with van der Waals surface area (Å²) >= 11 is 0. The van der Waals surface area contributed by atoms with Crippen molar-refractivity contribution in [3.05, 3.63) is 75.8 Å². The van der Waals surface area contributed by atoms with E-state index in [1.807, 2.05) is 6.92 Å². The maximum atomic E-state index is 12.0. The number of esters is 1. The van der Waals surface area contributed by atoms with Crippen LogP contribution in [0.2, 0.25) is 0 Å². The van der Waals surface area contributed by atoms with Crippen molar-refractivity contribution >= 4 is 29.3 Å². The van der Waals surface area contributed by atoms with Crippen molar-refractivity contribution in [3.8, 4) is 0 Å². The summed E-state index contributed by atoms with van der Waals surface area (Å²) in [5.41, 5.74) is 1.15. The van der Waals surface area contributed by atoms with Gasteiger partial charge in [0.05, 0.1) is 22.7 Å². The molecule has 2 aromatic rings. The molecule has 0 saturated heterocycles. The molecule has 0 aromatic heterocycles. The van der Waals surface area contributed by atoms with E-state index in [-0.39, 0.29) is 5.69 Å². The highest BCUT2D eigenvalue weighted by atomic mass is 16.6. The van der Waals surface area contributed by atoms with Gasteiger partial charge in [0, 0.05) is 17.8 Å². The molecular weight excluding hydrogens is 336 g/mol. The van der Waals surface area contributed by atoms with E-state index in [0.717, 1.165) is 6.42 Å². The fourth-order valence-corrected chi connectivity index (χ4v) is 2.11. The van der Waals surface area contributed by atoms with Gasteiger partial charge in [-0.1, -0.05) is 19.1 Å². The first-order chi connectivity index (χ1) is 12.5.